The lowest BCUT2D eigenvalue weighted by Gasteiger charge is -2.45. The Balaban J connectivity index is 1.37. The number of carboxylic acids is 1. The maximum atomic E-state index is 12.3. The summed E-state index contributed by atoms with van der Waals surface area (Å²) in [5.41, 5.74) is 2.97. The molecule has 0 saturated heterocycles. The first-order valence-corrected chi connectivity index (χ1v) is 16.0. The minimum Gasteiger partial charge on any atom is -0.490 e. The van der Waals surface area contributed by atoms with Crippen LogP contribution in [0.3, 0.4) is 0 Å². The summed E-state index contributed by atoms with van der Waals surface area (Å²) in [6, 6.07) is 10.9. The molecule has 1 aliphatic heterocycles. The first-order chi connectivity index (χ1) is 19.4. The van der Waals surface area contributed by atoms with Crippen LogP contribution in [-0.4, -0.2) is 68.6 Å². The Bertz CT molecular complexity index is 1440. The molecule has 222 valence electrons. The topological polar surface area (TPSA) is 159 Å². The van der Waals surface area contributed by atoms with Crippen molar-refractivity contribution < 1.29 is 33.0 Å². The molecule has 1 saturated carbocycles. The molecular formula is C29H36ClN3O7S. The number of hydrogen-bond acceptors (Lipinski definition) is 7. The average molecular weight is 606 g/mol. The molecule has 1 amide bonds. The van der Waals surface area contributed by atoms with Crippen LogP contribution in [-0.2, 0) is 26.7 Å². The zero-order chi connectivity index (χ0) is 29.4. The molecule has 1 fully saturated rings. The average Bonchev–Trinajstić information content (AvgIpc) is 3.02. The Morgan fingerprint density at radius 3 is 2.73 bits per heavy atom. The Morgan fingerprint density at radius 2 is 2.02 bits per heavy atom. The third-order valence-electron chi connectivity index (χ3n) is 8.81. The van der Waals surface area contributed by atoms with Crippen molar-refractivity contribution in [2.24, 2.45) is 17.0 Å². The number of nitrogens with zero attached hydrogens (tertiary/aromatic N) is 1. The fourth-order valence-electron chi connectivity index (χ4n) is 6.60. The molecule has 1 spiro atoms. The molecular weight excluding hydrogens is 570 g/mol. The highest BCUT2D eigenvalue weighted by Gasteiger charge is 2.44. The van der Waals surface area contributed by atoms with E-state index < -0.39 is 28.0 Å². The van der Waals surface area contributed by atoms with Gasteiger partial charge in [-0.05, 0) is 85.4 Å². The second-order valence-corrected chi connectivity index (χ2v) is 13.8. The number of fused-ring (bicyclic) bond motifs is 3. The van der Waals surface area contributed by atoms with Crippen molar-refractivity contribution in [3.05, 3.63) is 58.1 Å². The van der Waals surface area contributed by atoms with Crippen LogP contribution in [0.5, 0.6) is 5.75 Å². The smallest absolute Gasteiger partial charge is 0.335 e. The highest BCUT2D eigenvalue weighted by Crippen LogP contribution is 2.46. The lowest BCUT2D eigenvalue weighted by molar-refractivity contribution is -0.124. The second-order valence-electron chi connectivity index (χ2n) is 11.6. The van der Waals surface area contributed by atoms with Crippen LogP contribution in [0.4, 0.5) is 5.69 Å². The highest BCUT2D eigenvalue weighted by atomic mass is 35.5. The summed E-state index contributed by atoms with van der Waals surface area (Å²) < 4.78 is 28.6. The zero-order valence-corrected chi connectivity index (χ0v) is 24.3. The van der Waals surface area contributed by atoms with Gasteiger partial charge in [0, 0.05) is 30.1 Å². The number of benzene rings is 2. The Kier molecular flexibility index (Phi) is 8.52. The zero-order valence-electron chi connectivity index (χ0n) is 22.7. The van der Waals surface area contributed by atoms with Crippen LogP contribution in [0.15, 0.2) is 36.4 Å². The van der Waals surface area contributed by atoms with E-state index in [1.165, 1.54) is 11.1 Å². The van der Waals surface area contributed by atoms with E-state index in [9.17, 15) is 28.2 Å². The summed E-state index contributed by atoms with van der Waals surface area (Å²) in [7, 11) is -3.69. The number of carboxylic acid groups (broad SMARTS) is 1. The van der Waals surface area contributed by atoms with Gasteiger partial charge in [-0.2, -0.15) is 0 Å². The summed E-state index contributed by atoms with van der Waals surface area (Å²) in [4.78, 5) is 26.4. The molecule has 0 bridgehead atoms. The summed E-state index contributed by atoms with van der Waals surface area (Å²) in [6.07, 6.45) is 3.42. The molecule has 5 rings (SSSR count). The second kappa shape index (κ2) is 11.8. The number of anilines is 1. The van der Waals surface area contributed by atoms with Crippen molar-refractivity contribution in [1.29, 1.82) is 0 Å². The predicted molar refractivity (Wildman–Crippen MR) is 155 cm³/mol. The van der Waals surface area contributed by atoms with Gasteiger partial charge in [-0.3, -0.25) is 4.79 Å². The number of aromatic carboxylic acids is 1. The van der Waals surface area contributed by atoms with Crippen molar-refractivity contribution in [1.82, 2.24) is 5.32 Å². The van der Waals surface area contributed by atoms with Crippen molar-refractivity contribution in [2.75, 3.05) is 36.9 Å². The van der Waals surface area contributed by atoms with E-state index in [2.05, 4.69) is 16.3 Å². The monoisotopic (exact) mass is 605 g/mol. The van der Waals surface area contributed by atoms with Crippen LogP contribution >= 0.6 is 11.6 Å². The van der Waals surface area contributed by atoms with Crippen molar-refractivity contribution in [3.63, 3.8) is 0 Å². The van der Waals surface area contributed by atoms with Crippen LogP contribution in [0.1, 0.15) is 53.6 Å². The van der Waals surface area contributed by atoms with Crippen LogP contribution in [0.25, 0.3) is 0 Å². The molecule has 2 aliphatic carbocycles. The third kappa shape index (κ3) is 6.63. The van der Waals surface area contributed by atoms with E-state index in [1.807, 2.05) is 12.1 Å². The molecule has 3 aliphatic rings. The number of primary sulfonamides is 1. The van der Waals surface area contributed by atoms with Gasteiger partial charge in [0.1, 0.15) is 5.75 Å². The van der Waals surface area contributed by atoms with Crippen LogP contribution in [0, 0.1) is 11.8 Å². The Labute approximate surface area is 244 Å². The fourth-order valence-corrected chi connectivity index (χ4v) is 7.19. The number of nitrogens with one attached hydrogen (secondary N) is 1. The quantitative estimate of drug-likeness (QED) is 0.339. The van der Waals surface area contributed by atoms with Crippen molar-refractivity contribution in [2.45, 2.75) is 50.0 Å². The molecule has 0 aromatic heterocycles. The van der Waals surface area contributed by atoms with E-state index in [0.29, 0.717) is 36.2 Å². The molecule has 2 aromatic carbocycles. The number of ether oxygens (including phenoxy) is 1. The van der Waals surface area contributed by atoms with Crippen molar-refractivity contribution >= 4 is 39.2 Å². The summed E-state index contributed by atoms with van der Waals surface area (Å²) in [5, 5.41) is 28.8. The first-order valence-electron chi connectivity index (χ1n) is 13.9. The molecule has 0 unspecified atom stereocenters. The first kappa shape index (κ1) is 29.6. The van der Waals surface area contributed by atoms with Gasteiger partial charge in [-0.1, -0.05) is 17.7 Å². The minimum atomic E-state index is -3.69. The van der Waals surface area contributed by atoms with Gasteiger partial charge >= 0.3 is 5.97 Å². The third-order valence-corrected chi connectivity index (χ3v) is 9.82. The largest absolute Gasteiger partial charge is 0.490 e. The summed E-state index contributed by atoms with van der Waals surface area (Å²) in [5.74, 6) is -1.24. The SMILES string of the molecule is NS(=O)(=O)CCNC(=O)C[C@@H](O)[C@@H]1CC[C@H]1CN1C[C@@]2(CCCc3cc(Cl)ccc32)COc2ccc(C(=O)O)cc21. The van der Waals surface area contributed by atoms with E-state index >= 15 is 0 Å². The van der Waals surface area contributed by atoms with E-state index in [4.69, 9.17) is 21.5 Å². The highest BCUT2D eigenvalue weighted by molar-refractivity contribution is 7.89. The van der Waals surface area contributed by atoms with Gasteiger partial charge in [0.2, 0.25) is 15.9 Å². The molecule has 5 N–H and O–H groups in total. The number of nitrogens with two attached hydrogens (primary N) is 1. The van der Waals surface area contributed by atoms with E-state index in [0.717, 1.165) is 32.1 Å². The maximum Gasteiger partial charge on any atom is 0.335 e. The lowest BCUT2D eigenvalue weighted by atomic mass is 9.68. The van der Waals surface area contributed by atoms with Gasteiger partial charge in [0.05, 0.1) is 36.1 Å². The molecule has 41 heavy (non-hydrogen) atoms. The van der Waals surface area contributed by atoms with Gasteiger partial charge in [0.15, 0.2) is 0 Å². The van der Waals surface area contributed by atoms with Gasteiger partial charge in [-0.15, -0.1) is 0 Å². The summed E-state index contributed by atoms with van der Waals surface area (Å²) >= 11 is 6.33. The number of aliphatic hydroxyl groups is 1. The number of aliphatic hydroxyl groups excluding tert-OH is 1. The number of rotatable bonds is 9. The number of aryl methyl sites for hydroxylation is 1. The lowest BCUT2D eigenvalue weighted by Crippen LogP contribution is -2.50. The van der Waals surface area contributed by atoms with Crippen molar-refractivity contribution in [3.8, 4) is 5.75 Å². The number of halogens is 1. The summed E-state index contributed by atoms with van der Waals surface area (Å²) in [6.45, 7) is 1.53. The Hall–Kier alpha value is -2.86. The van der Waals surface area contributed by atoms with Gasteiger partial charge in [-0.25, -0.2) is 18.4 Å². The maximum absolute atomic E-state index is 12.3. The normalized spacial score (nSPS) is 24.3. The molecule has 2 aromatic rings. The standard InChI is InChI=1S/C29H36ClN3O7S/c30-21-5-7-23-18(12-21)2-1-9-29(23)16-33(24-13-19(28(36)37)4-8-26(24)40-17-29)15-20-3-6-22(20)25(34)14-27(35)32-10-11-41(31,38)39/h4-5,7-8,12-13,20,22,25,34H,1-3,6,9-11,14-17H2,(H,32,35)(H,36,37)(H2,31,38,39)/t20-,22+,25+,29-/m0/s1. The molecule has 0 radical (unpaired) electrons. The molecule has 4 atom stereocenters. The Morgan fingerprint density at radius 1 is 1.22 bits per heavy atom. The fraction of sp³-hybridized carbons (Fsp3) is 0.517. The number of amides is 1. The number of hydrogen-bond donors (Lipinski definition) is 4. The number of sulfonamides is 1. The van der Waals surface area contributed by atoms with Crippen LogP contribution in [0.2, 0.25) is 5.02 Å². The number of carbonyl (C=O) groups excluding carboxylic acids is 1. The number of carbonyl (C=O) groups is 2. The minimum absolute atomic E-state index is 0.0759. The molecule has 1 heterocycles. The van der Waals surface area contributed by atoms with Crippen LogP contribution < -0.4 is 20.1 Å². The van der Waals surface area contributed by atoms with E-state index in [1.54, 1.807) is 18.2 Å². The molecule has 12 heteroatoms. The predicted octanol–water partition coefficient (Wildman–Crippen LogP) is 2.69. The van der Waals surface area contributed by atoms with E-state index in [-0.39, 0.29) is 41.5 Å². The van der Waals surface area contributed by atoms with Gasteiger partial charge in [0.25, 0.3) is 0 Å². The molecule has 10 nitrogen and oxygen atoms in total. The van der Waals surface area contributed by atoms with Gasteiger partial charge < -0.3 is 25.2 Å².